The number of hydrogen-bond donors (Lipinski definition) is 1. The second-order valence-corrected chi connectivity index (χ2v) is 6.16. The van der Waals surface area contributed by atoms with Crippen LogP contribution in [0.4, 0.5) is 5.69 Å². The molecule has 1 unspecified atom stereocenters. The molecule has 4 heteroatoms. The lowest BCUT2D eigenvalue weighted by Gasteiger charge is -2.31. The minimum absolute atomic E-state index is 0.0215. The molecule has 1 heterocycles. The van der Waals surface area contributed by atoms with E-state index in [9.17, 15) is 4.79 Å². The lowest BCUT2D eigenvalue weighted by atomic mass is 10.00. The summed E-state index contributed by atoms with van der Waals surface area (Å²) in [6.07, 6.45) is 3.22. The molecular formula is C17H26N2O2. The maximum atomic E-state index is 12.1. The first-order valence-corrected chi connectivity index (χ1v) is 7.85. The van der Waals surface area contributed by atoms with Crippen LogP contribution in [0, 0.1) is 5.92 Å². The van der Waals surface area contributed by atoms with Crippen molar-refractivity contribution in [2.75, 3.05) is 18.1 Å². The fourth-order valence-electron chi connectivity index (χ4n) is 2.61. The molecule has 4 nitrogen and oxygen atoms in total. The fourth-order valence-corrected chi connectivity index (χ4v) is 2.61. The van der Waals surface area contributed by atoms with Gasteiger partial charge in [0, 0.05) is 12.6 Å². The number of ether oxygens (including phenoxy) is 1. The molecule has 1 amide bonds. The first-order valence-electron chi connectivity index (χ1n) is 7.85. The van der Waals surface area contributed by atoms with Gasteiger partial charge in [0.25, 0.3) is 5.91 Å². The van der Waals surface area contributed by atoms with Crippen molar-refractivity contribution in [3.8, 4) is 5.75 Å². The van der Waals surface area contributed by atoms with Crippen LogP contribution in [0.15, 0.2) is 18.2 Å². The number of carbonyl (C=O) groups is 1. The van der Waals surface area contributed by atoms with Crippen LogP contribution in [-0.2, 0) is 4.79 Å². The molecule has 2 rings (SSSR count). The highest BCUT2D eigenvalue weighted by Gasteiger charge is 2.26. The summed E-state index contributed by atoms with van der Waals surface area (Å²) in [6.45, 7) is 7.22. The normalized spacial score (nSPS) is 15.9. The highest BCUT2D eigenvalue weighted by Crippen LogP contribution is 2.35. The van der Waals surface area contributed by atoms with Crippen molar-refractivity contribution in [3.05, 3.63) is 23.8 Å². The molecule has 1 aliphatic rings. The van der Waals surface area contributed by atoms with Gasteiger partial charge >= 0.3 is 0 Å². The molecule has 0 fully saturated rings. The predicted octanol–water partition coefficient (Wildman–Crippen LogP) is 3.26. The molecule has 0 saturated heterocycles. The summed E-state index contributed by atoms with van der Waals surface area (Å²) in [7, 11) is 0. The van der Waals surface area contributed by atoms with E-state index < -0.39 is 0 Å². The Labute approximate surface area is 127 Å². The van der Waals surface area contributed by atoms with Crippen LogP contribution in [0.1, 0.15) is 51.6 Å². The smallest absolute Gasteiger partial charge is 0.265 e. The largest absolute Gasteiger partial charge is 0.482 e. The molecule has 2 N–H and O–H groups in total. The quantitative estimate of drug-likeness (QED) is 0.875. The van der Waals surface area contributed by atoms with Gasteiger partial charge < -0.3 is 15.4 Å². The number of nitrogens with two attached hydrogens (primary N) is 1. The summed E-state index contributed by atoms with van der Waals surface area (Å²) in [6, 6.07) is 6.00. The SMILES string of the molecule is CCCCC(N)c1ccc2c(c1)N(CC(C)C)C(=O)CO2. The maximum Gasteiger partial charge on any atom is 0.265 e. The summed E-state index contributed by atoms with van der Waals surface area (Å²) in [5, 5.41) is 0. The van der Waals surface area contributed by atoms with Crippen molar-refractivity contribution >= 4 is 11.6 Å². The van der Waals surface area contributed by atoms with Crippen molar-refractivity contribution < 1.29 is 9.53 Å². The third-order valence-electron chi connectivity index (χ3n) is 3.77. The Morgan fingerprint density at radius 3 is 2.81 bits per heavy atom. The molecule has 0 aliphatic carbocycles. The number of fused-ring (bicyclic) bond motifs is 1. The Bertz CT molecular complexity index is 500. The molecule has 1 aliphatic heterocycles. The average Bonchev–Trinajstić information content (AvgIpc) is 2.47. The third-order valence-corrected chi connectivity index (χ3v) is 3.77. The van der Waals surface area contributed by atoms with E-state index in [0.29, 0.717) is 12.5 Å². The molecule has 116 valence electrons. The van der Waals surface area contributed by atoms with Gasteiger partial charge in [0.2, 0.25) is 0 Å². The molecule has 0 spiro atoms. The number of amides is 1. The van der Waals surface area contributed by atoms with Crippen LogP contribution >= 0.6 is 0 Å². The lowest BCUT2D eigenvalue weighted by Crippen LogP contribution is -2.41. The van der Waals surface area contributed by atoms with Gasteiger partial charge in [0.15, 0.2) is 6.61 Å². The molecule has 21 heavy (non-hydrogen) atoms. The summed E-state index contributed by atoms with van der Waals surface area (Å²) in [5.74, 6) is 1.22. The standard InChI is InChI=1S/C17H26N2O2/c1-4-5-6-14(18)13-7-8-16-15(9-13)19(10-12(2)3)17(20)11-21-16/h7-9,12,14H,4-6,10-11,18H2,1-3H3. The van der Waals surface area contributed by atoms with Gasteiger partial charge in [-0.3, -0.25) is 4.79 Å². The number of anilines is 1. The van der Waals surface area contributed by atoms with Crippen LogP contribution < -0.4 is 15.4 Å². The second kappa shape index (κ2) is 6.94. The van der Waals surface area contributed by atoms with Gasteiger partial charge in [-0.25, -0.2) is 0 Å². The average molecular weight is 290 g/mol. The van der Waals surface area contributed by atoms with Crippen molar-refractivity contribution in [2.24, 2.45) is 11.7 Å². The predicted molar refractivity (Wildman–Crippen MR) is 85.6 cm³/mol. The van der Waals surface area contributed by atoms with Crippen molar-refractivity contribution in [2.45, 2.75) is 46.1 Å². The Kier molecular flexibility index (Phi) is 5.23. The molecule has 0 aromatic heterocycles. The van der Waals surface area contributed by atoms with Crippen molar-refractivity contribution in [1.29, 1.82) is 0 Å². The summed E-state index contributed by atoms with van der Waals surface area (Å²) >= 11 is 0. The van der Waals surface area contributed by atoms with E-state index in [1.54, 1.807) is 0 Å². The minimum atomic E-state index is 0.0215. The van der Waals surface area contributed by atoms with Gasteiger partial charge in [-0.2, -0.15) is 0 Å². The zero-order chi connectivity index (χ0) is 15.4. The van der Waals surface area contributed by atoms with Crippen molar-refractivity contribution in [1.82, 2.24) is 0 Å². The van der Waals surface area contributed by atoms with Gasteiger partial charge in [-0.15, -0.1) is 0 Å². The highest BCUT2D eigenvalue weighted by atomic mass is 16.5. The van der Waals surface area contributed by atoms with E-state index >= 15 is 0 Å². The Morgan fingerprint density at radius 1 is 1.38 bits per heavy atom. The van der Waals surface area contributed by atoms with Gasteiger partial charge in [-0.05, 0) is 30.0 Å². The zero-order valence-electron chi connectivity index (χ0n) is 13.3. The topological polar surface area (TPSA) is 55.6 Å². The van der Waals surface area contributed by atoms with Crippen LogP contribution in [-0.4, -0.2) is 19.1 Å². The molecule has 1 aromatic rings. The zero-order valence-corrected chi connectivity index (χ0v) is 13.3. The summed E-state index contributed by atoms with van der Waals surface area (Å²) in [5.41, 5.74) is 8.19. The number of benzene rings is 1. The maximum absolute atomic E-state index is 12.1. The van der Waals surface area contributed by atoms with Crippen LogP contribution in [0.2, 0.25) is 0 Å². The first-order chi connectivity index (χ1) is 10.0. The number of nitrogens with zero attached hydrogens (tertiary/aromatic N) is 1. The van der Waals surface area contributed by atoms with E-state index in [1.807, 2.05) is 23.1 Å². The Balaban J connectivity index is 2.27. The highest BCUT2D eigenvalue weighted by molar-refractivity contribution is 5.97. The van der Waals surface area contributed by atoms with E-state index in [1.165, 1.54) is 0 Å². The number of unbranched alkanes of at least 4 members (excludes halogenated alkanes) is 1. The summed E-state index contributed by atoms with van der Waals surface area (Å²) in [4.78, 5) is 13.9. The number of hydrogen-bond acceptors (Lipinski definition) is 3. The molecule has 1 atom stereocenters. The second-order valence-electron chi connectivity index (χ2n) is 6.16. The van der Waals surface area contributed by atoms with Crippen LogP contribution in [0.25, 0.3) is 0 Å². The molecular weight excluding hydrogens is 264 g/mol. The summed E-state index contributed by atoms with van der Waals surface area (Å²) < 4.78 is 5.53. The lowest BCUT2D eigenvalue weighted by molar-refractivity contribution is -0.121. The van der Waals surface area contributed by atoms with E-state index in [2.05, 4.69) is 20.8 Å². The van der Waals surface area contributed by atoms with Gasteiger partial charge in [0.1, 0.15) is 5.75 Å². The van der Waals surface area contributed by atoms with Crippen LogP contribution in [0.3, 0.4) is 0 Å². The minimum Gasteiger partial charge on any atom is -0.482 e. The number of rotatable bonds is 6. The van der Waals surface area contributed by atoms with E-state index in [4.69, 9.17) is 10.5 Å². The van der Waals surface area contributed by atoms with Crippen molar-refractivity contribution in [3.63, 3.8) is 0 Å². The van der Waals surface area contributed by atoms with E-state index in [-0.39, 0.29) is 18.6 Å². The first kappa shape index (κ1) is 15.8. The van der Waals surface area contributed by atoms with Gasteiger partial charge in [-0.1, -0.05) is 39.7 Å². The monoisotopic (exact) mass is 290 g/mol. The Hall–Kier alpha value is -1.55. The fraction of sp³-hybridized carbons (Fsp3) is 0.588. The van der Waals surface area contributed by atoms with Gasteiger partial charge in [0.05, 0.1) is 5.69 Å². The molecule has 0 bridgehead atoms. The molecule has 1 aromatic carbocycles. The molecule has 0 radical (unpaired) electrons. The van der Waals surface area contributed by atoms with E-state index in [0.717, 1.165) is 36.3 Å². The Morgan fingerprint density at radius 2 is 2.14 bits per heavy atom. The third kappa shape index (κ3) is 3.76. The number of carbonyl (C=O) groups excluding carboxylic acids is 1. The van der Waals surface area contributed by atoms with Crippen LogP contribution in [0.5, 0.6) is 5.75 Å². The molecule has 0 saturated carbocycles.